The van der Waals surface area contributed by atoms with Crippen LogP contribution in [-0.4, -0.2) is 94.8 Å². The summed E-state index contributed by atoms with van der Waals surface area (Å²) in [5.74, 6) is -8.56. The lowest BCUT2D eigenvalue weighted by Gasteiger charge is -2.35. The maximum Gasteiger partial charge on any atom is 0.342 e. The molecule has 2 rings (SSSR count). The van der Waals surface area contributed by atoms with Crippen LogP contribution in [0.1, 0.15) is 48.0 Å². The molecule has 0 aliphatic carbocycles. The highest BCUT2D eigenvalue weighted by molar-refractivity contribution is 7.54. The van der Waals surface area contributed by atoms with Crippen molar-refractivity contribution in [3.05, 3.63) is 12.3 Å². The van der Waals surface area contributed by atoms with Crippen molar-refractivity contribution in [2.24, 2.45) is 0 Å². The molecule has 0 bridgehead atoms. The lowest BCUT2D eigenvalue weighted by Crippen LogP contribution is -2.58. The van der Waals surface area contributed by atoms with Crippen molar-refractivity contribution in [2.75, 3.05) is 6.61 Å². The SMILES string of the molecule is CC(C)OC(=O)[C@H](C)NP(=O)(N[C@@H](C)C(=O)OC(C)C)OC[C@@]1(C(F)F)O[C@@H](N2C=CC(=O)CC2=O)[C@H](O)C1(F)F. The van der Waals surface area contributed by atoms with Crippen molar-refractivity contribution < 1.29 is 65.1 Å². The first kappa shape index (κ1) is 34.8. The van der Waals surface area contributed by atoms with E-state index in [-0.39, 0.29) is 0 Å². The summed E-state index contributed by atoms with van der Waals surface area (Å²) in [6.07, 6.45) is -10.0. The zero-order valence-corrected chi connectivity index (χ0v) is 24.0. The van der Waals surface area contributed by atoms with Gasteiger partial charge < -0.3 is 23.8 Å². The fourth-order valence-electron chi connectivity index (χ4n) is 3.74. The molecular weight excluding hydrogens is 585 g/mol. The lowest BCUT2D eigenvalue weighted by atomic mass is 9.95. The van der Waals surface area contributed by atoms with E-state index in [1.165, 1.54) is 27.7 Å². The molecule has 0 aromatic rings. The number of nitrogens with one attached hydrogen (secondary N) is 2. The van der Waals surface area contributed by atoms with Crippen molar-refractivity contribution in [3.8, 4) is 0 Å². The molecule has 0 unspecified atom stereocenters. The van der Waals surface area contributed by atoms with E-state index in [0.29, 0.717) is 11.1 Å². The Hall–Kier alpha value is -2.43. The van der Waals surface area contributed by atoms with Gasteiger partial charge in [0, 0.05) is 6.20 Å². The molecule has 0 radical (unpaired) electrons. The van der Waals surface area contributed by atoms with Gasteiger partial charge in [0.1, 0.15) is 12.1 Å². The van der Waals surface area contributed by atoms with Crippen LogP contribution in [0.3, 0.4) is 0 Å². The summed E-state index contributed by atoms with van der Waals surface area (Å²) in [6.45, 7) is 6.47. The van der Waals surface area contributed by atoms with E-state index in [0.717, 1.165) is 19.9 Å². The molecular formula is C23H34F4N3O10P. The topological polar surface area (TPSA) is 170 Å². The van der Waals surface area contributed by atoms with Gasteiger partial charge in [-0.25, -0.2) is 19.0 Å². The van der Waals surface area contributed by atoms with Crippen molar-refractivity contribution in [1.29, 1.82) is 0 Å². The first-order chi connectivity index (χ1) is 18.8. The summed E-state index contributed by atoms with van der Waals surface area (Å²) >= 11 is 0. The number of ketones is 1. The average molecular weight is 620 g/mol. The number of esters is 2. The van der Waals surface area contributed by atoms with Crippen LogP contribution in [0.4, 0.5) is 17.6 Å². The Kier molecular flexibility index (Phi) is 11.2. The van der Waals surface area contributed by atoms with Gasteiger partial charge >= 0.3 is 25.5 Å². The molecule has 18 heteroatoms. The van der Waals surface area contributed by atoms with Crippen molar-refractivity contribution in [3.63, 3.8) is 0 Å². The lowest BCUT2D eigenvalue weighted by molar-refractivity contribution is -0.242. The minimum absolute atomic E-state index is 0.369. The first-order valence-corrected chi connectivity index (χ1v) is 14.1. The van der Waals surface area contributed by atoms with Crippen LogP contribution in [0, 0.1) is 0 Å². The van der Waals surface area contributed by atoms with E-state index in [4.69, 9.17) is 18.7 Å². The Morgan fingerprint density at radius 3 is 1.98 bits per heavy atom. The van der Waals surface area contributed by atoms with E-state index < -0.39 is 98.9 Å². The summed E-state index contributed by atoms with van der Waals surface area (Å²) < 4.78 is 93.0. The van der Waals surface area contributed by atoms with Gasteiger partial charge in [-0.2, -0.15) is 8.78 Å². The molecule has 1 amide bonds. The van der Waals surface area contributed by atoms with Gasteiger partial charge in [0.25, 0.3) is 6.43 Å². The Balaban J connectivity index is 2.41. The highest BCUT2D eigenvalue weighted by atomic mass is 31.2. The standard InChI is InChI=1S/C23H34F4N3O10P/c1-11(2)38-19(34)13(5)28-41(36,29-14(6)20(35)39-12(3)4)37-10-22(21(24)25)23(26,27)17(33)18(40-22)30-8-7-15(31)9-16(30)32/h7-8,11-14,17-18,21,33H,9-10H2,1-6H3,(H2,28,29,36)/t13-,14-,17-,18+,22-/m0/s1. The molecule has 2 aliphatic rings. The van der Waals surface area contributed by atoms with Crippen LogP contribution in [0.15, 0.2) is 12.3 Å². The fraction of sp³-hybridized carbons (Fsp3) is 0.739. The summed E-state index contributed by atoms with van der Waals surface area (Å²) in [5, 5.41) is 14.6. The van der Waals surface area contributed by atoms with Gasteiger partial charge in [0.2, 0.25) is 11.5 Å². The molecule has 5 atom stereocenters. The molecule has 1 saturated heterocycles. The number of rotatable bonds is 13. The Morgan fingerprint density at radius 1 is 1.07 bits per heavy atom. The quantitative estimate of drug-likeness (QED) is 0.118. The van der Waals surface area contributed by atoms with Crippen LogP contribution in [0.5, 0.6) is 0 Å². The van der Waals surface area contributed by atoms with Crippen LogP contribution in [0.2, 0.25) is 0 Å². The van der Waals surface area contributed by atoms with Gasteiger partial charge in [-0.1, -0.05) is 0 Å². The van der Waals surface area contributed by atoms with E-state index in [1.54, 1.807) is 0 Å². The monoisotopic (exact) mass is 619 g/mol. The molecule has 3 N–H and O–H groups in total. The molecule has 0 saturated carbocycles. The minimum Gasteiger partial charge on any atom is -0.462 e. The Bertz CT molecular complexity index is 1060. The normalized spacial score (nSPS) is 26.1. The van der Waals surface area contributed by atoms with Gasteiger partial charge in [0.05, 0.1) is 25.2 Å². The number of nitrogens with zero attached hydrogens (tertiary/aromatic N) is 1. The third-order valence-corrected chi connectivity index (χ3v) is 7.74. The van der Waals surface area contributed by atoms with Crippen molar-refractivity contribution in [1.82, 2.24) is 15.1 Å². The second kappa shape index (κ2) is 13.3. The summed E-state index contributed by atoms with van der Waals surface area (Å²) in [6, 6.07) is -2.94. The van der Waals surface area contributed by atoms with Crippen LogP contribution in [-0.2, 0) is 42.5 Å². The average Bonchev–Trinajstić information content (AvgIpc) is 3.03. The number of halogens is 4. The number of hydrogen-bond acceptors (Lipinski definition) is 10. The number of ether oxygens (including phenoxy) is 3. The number of aliphatic hydroxyl groups is 1. The summed E-state index contributed by atoms with van der Waals surface area (Å²) in [4.78, 5) is 48.6. The maximum atomic E-state index is 15.3. The highest BCUT2D eigenvalue weighted by Gasteiger charge is 2.74. The summed E-state index contributed by atoms with van der Waals surface area (Å²) in [7, 11) is -4.88. The van der Waals surface area contributed by atoms with Gasteiger partial charge in [-0.3, -0.25) is 28.6 Å². The second-order valence-corrected chi connectivity index (χ2v) is 11.9. The third kappa shape index (κ3) is 7.90. The number of hydrogen-bond donors (Lipinski definition) is 3. The Labute approximate surface area is 233 Å². The zero-order chi connectivity index (χ0) is 31.5. The number of carbonyl (C=O) groups excluding carboxylic acids is 4. The molecule has 2 heterocycles. The molecule has 13 nitrogen and oxygen atoms in total. The first-order valence-electron chi connectivity index (χ1n) is 12.5. The molecule has 0 aromatic heterocycles. The van der Waals surface area contributed by atoms with Crippen LogP contribution in [0.25, 0.3) is 0 Å². The predicted octanol–water partition coefficient (Wildman–Crippen LogP) is 1.64. The number of amides is 1. The molecule has 0 spiro atoms. The molecule has 2 aliphatic heterocycles. The zero-order valence-electron chi connectivity index (χ0n) is 23.1. The molecule has 234 valence electrons. The number of allylic oxidation sites excluding steroid dienone is 1. The smallest absolute Gasteiger partial charge is 0.342 e. The minimum atomic E-state index is -4.88. The predicted molar refractivity (Wildman–Crippen MR) is 131 cm³/mol. The van der Waals surface area contributed by atoms with E-state index >= 15 is 8.78 Å². The maximum absolute atomic E-state index is 15.3. The van der Waals surface area contributed by atoms with E-state index in [9.17, 15) is 37.6 Å². The molecule has 41 heavy (non-hydrogen) atoms. The van der Waals surface area contributed by atoms with Gasteiger partial charge in [-0.15, -0.1) is 0 Å². The largest absolute Gasteiger partial charge is 0.462 e. The van der Waals surface area contributed by atoms with E-state index in [2.05, 4.69) is 10.2 Å². The summed E-state index contributed by atoms with van der Waals surface area (Å²) in [5.41, 5.74) is -3.98. The molecule has 1 fully saturated rings. The van der Waals surface area contributed by atoms with E-state index in [1.807, 2.05) is 0 Å². The van der Waals surface area contributed by atoms with Gasteiger partial charge in [0.15, 0.2) is 18.1 Å². The number of carbonyl (C=O) groups is 4. The van der Waals surface area contributed by atoms with Crippen molar-refractivity contribution >= 4 is 31.3 Å². The number of aliphatic hydroxyl groups excluding tert-OH is 1. The second-order valence-electron chi connectivity index (χ2n) is 10.0. The number of alkyl halides is 4. The van der Waals surface area contributed by atoms with Gasteiger partial charge in [-0.05, 0) is 47.6 Å². The highest BCUT2D eigenvalue weighted by Crippen LogP contribution is 2.51. The van der Waals surface area contributed by atoms with Crippen LogP contribution < -0.4 is 10.2 Å². The fourth-order valence-corrected chi connectivity index (χ4v) is 5.57. The Morgan fingerprint density at radius 2 is 1.56 bits per heavy atom. The third-order valence-electron chi connectivity index (χ3n) is 5.80. The van der Waals surface area contributed by atoms with Crippen molar-refractivity contribution in [2.45, 2.75) is 103 Å². The van der Waals surface area contributed by atoms with Crippen LogP contribution >= 0.6 is 7.67 Å². The molecule has 0 aromatic carbocycles.